The number of hydrogen-bond acceptors (Lipinski definition) is 4. The molecule has 2 saturated heterocycles. The molecule has 130 valence electrons. The highest BCUT2D eigenvalue weighted by Crippen LogP contribution is 2.21. The van der Waals surface area contributed by atoms with Crippen LogP contribution in [-0.4, -0.2) is 69.7 Å². The second-order valence-corrected chi connectivity index (χ2v) is 9.20. The smallest absolute Gasteiger partial charge is 0.214 e. The monoisotopic (exact) mass is 331 g/mol. The lowest BCUT2D eigenvalue weighted by Crippen LogP contribution is -2.45. The van der Waals surface area contributed by atoms with Crippen LogP contribution in [0.25, 0.3) is 0 Å². The number of nitrogens with zero attached hydrogens (tertiary/aromatic N) is 2. The average molecular weight is 332 g/mol. The SMILES string of the molecule is CN1CCC(N(C)S(=O)(=O)CCCCC2CCNCC2)CC1. The minimum atomic E-state index is -3.08. The van der Waals surface area contributed by atoms with Gasteiger partial charge in [0.15, 0.2) is 0 Å². The molecule has 0 saturated carbocycles. The second kappa shape index (κ2) is 8.62. The van der Waals surface area contributed by atoms with E-state index in [0.717, 1.165) is 57.8 Å². The van der Waals surface area contributed by atoms with E-state index in [0.29, 0.717) is 5.75 Å². The molecule has 22 heavy (non-hydrogen) atoms. The number of unbranched alkanes of at least 4 members (excludes halogenated alkanes) is 1. The van der Waals surface area contributed by atoms with Gasteiger partial charge in [0, 0.05) is 13.1 Å². The largest absolute Gasteiger partial charge is 0.317 e. The molecule has 0 atom stereocenters. The Hall–Kier alpha value is -0.170. The van der Waals surface area contributed by atoms with Crippen molar-refractivity contribution < 1.29 is 8.42 Å². The van der Waals surface area contributed by atoms with Crippen molar-refractivity contribution in [3.8, 4) is 0 Å². The van der Waals surface area contributed by atoms with E-state index in [1.807, 2.05) is 0 Å². The van der Waals surface area contributed by atoms with Gasteiger partial charge in [-0.2, -0.15) is 0 Å². The van der Waals surface area contributed by atoms with E-state index in [1.54, 1.807) is 11.4 Å². The van der Waals surface area contributed by atoms with Crippen LogP contribution in [0.2, 0.25) is 0 Å². The fourth-order valence-corrected chi connectivity index (χ4v) is 5.14. The Balaban J connectivity index is 1.68. The topological polar surface area (TPSA) is 52.7 Å². The third kappa shape index (κ3) is 5.48. The van der Waals surface area contributed by atoms with E-state index < -0.39 is 10.0 Å². The van der Waals surface area contributed by atoms with Crippen LogP contribution in [-0.2, 0) is 10.0 Å². The molecule has 6 heteroatoms. The predicted octanol–water partition coefficient (Wildman–Crippen LogP) is 1.51. The third-order valence-electron chi connectivity index (χ3n) is 5.36. The summed E-state index contributed by atoms with van der Waals surface area (Å²) in [5.74, 6) is 1.12. The van der Waals surface area contributed by atoms with Crippen molar-refractivity contribution in [1.82, 2.24) is 14.5 Å². The van der Waals surface area contributed by atoms with Crippen LogP contribution >= 0.6 is 0 Å². The van der Waals surface area contributed by atoms with Gasteiger partial charge in [-0.3, -0.25) is 0 Å². The Morgan fingerprint density at radius 1 is 1.09 bits per heavy atom. The number of rotatable bonds is 7. The van der Waals surface area contributed by atoms with E-state index in [4.69, 9.17) is 0 Å². The lowest BCUT2D eigenvalue weighted by Gasteiger charge is -2.34. The minimum absolute atomic E-state index is 0.200. The molecule has 2 heterocycles. The van der Waals surface area contributed by atoms with E-state index in [1.165, 1.54) is 19.3 Å². The lowest BCUT2D eigenvalue weighted by molar-refractivity contribution is 0.197. The van der Waals surface area contributed by atoms with Crippen molar-refractivity contribution in [2.75, 3.05) is 46.0 Å². The van der Waals surface area contributed by atoms with Crippen LogP contribution in [0.4, 0.5) is 0 Å². The first kappa shape index (κ1) is 18.2. The Morgan fingerprint density at radius 2 is 1.73 bits per heavy atom. The number of likely N-dealkylation sites (tertiary alicyclic amines) is 1. The lowest BCUT2D eigenvalue weighted by atomic mass is 9.93. The molecule has 0 spiro atoms. The highest BCUT2D eigenvalue weighted by Gasteiger charge is 2.28. The van der Waals surface area contributed by atoms with Crippen LogP contribution in [0, 0.1) is 5.92 Å². The molecular weight excluding hydrogens is 298 g/mol. The van der Waals surface area contributed by atoms with Crippen molar-refractivity contribution in [3.05, 3.63) is 0 Å². The summed E-state index contributed by atoms with van der Waals surface area (Å²) in [5, 5.41) is 3.38. The summed E-state index contributed by atoms with van der Waals surface area (Å²) in [6.07, 6.45) is 7.47. The molecule has 2 rings (SSSR count). The first-order valence-electron chi connectivity index (χ1n) is 8.84. The maximum atomic E-state index is 12.5. The average Bonchev–Trinajstić information content (AvgIpc) is 2.53. The summed E-state index contributed by atoms with van der Waals surface area (Å²) in [6.45, 7) is 4.25. The zero-order valence-corrected chi connectivity index (χ0v) is 15.1. The summed E-state index contributed by atoms with van der Waals surface area (Å²) in [4.78, 5) is 2.27. The molecule has 2 aliphatic heterocycles. The minimum Gasteiger partial charge on any atom is -0.317 e. The summed E-state index contributed by atoms with van der Waals surface area (Å²) in [5.41, 5.74) is 0. The Kier molecular flexibility index (Phi) is 7.12. The zero-order chi connectivity index (χ0) is 16.0. The standard InChI is InChI=1S/C16H33N3O2S/c1-18-12-8-16(9-13-18)19(2)22(20,21)14-4-3-5-15-6-10-17-11-7-15/h15-17H,3-14H2,1-2H3. The molecule has 1 N–H and O–H groups in total. The number of nitrogens with one attached hydrogen (secondary N) is 1. The van der Waals surface area contributed by atoms with E-state index in [9.17, 15) is 8.42 Å². The van der Waals surface area contributed by atoms with Gasteiger partial charge in [-0.15, -0.1) is 0 Å². The number of piperidine rings is 2. The molecule has 0 aromatic heterocycles. The van der Waals surface area contributed by atoms with Crippen molar-refractivity contribution in [2.45, 2.75) is 51.0 Å². The van der Waals surface area contributed by atoms with Crippen molar-refractivity contribution in [2.24, 2.45) is 5.92 Å². The third-order valence-corrected chi connectivity index (χ3v) is 7.34. The fraction of sp³-hybridized carbons (Fsp3) is 1.00. The molecule has 0 aromatic rings. The highest BCUT2D eigenvalue weighted by molar-refractivity contribution is 7.89. The molecule has 2 fully saturated rings. The maximum absolute atomic E-state index is 12.5. The van der Waals surface area contributed by atoms with Gasteiger partial charge in [0.05, 0.1) is 5.75 Å². The van der Waals surface area contributed by atoms with Gasteiger partial charge in [0.25, 0.3) is 0 Å². The highest BCUT2D eigenvalue weighted by atomic mass is 32.2. The van der Waals surface area contributed by atoms with Gasteiger partial charge in [-0.05, 0) is 71.2 Å². The maximum Gasteiger partial charge on any atom is 0.214 e. The number of sulfonamides is 1. The molecule has 5 nitrogen and oxygen atoms in total. The summed E-state index contributed by atoms with van der Waals surface area (Å²) >= 11 is 0. The van der Waals surface area contributed by atoms with Gasteiger partial charge in [-0.1, -0.05) is 12.8 Å². The van der Waals surface area contributed by atoms with Crippen molar-refractivity contribution >= 4 is 10.0 Å². The summed E-state index contributed by atoms with van der Waals surface area (Å²) in [6, 6.07) is 0.200. The normalized spacial score (nSPS) is 23.2. The Morgan fingerprint density at radius 3 is 2.36 bits per heavy atom. The molecule has 0 aromatic carbocycles. The van der Waals surface area contributed by atoms with Gasteiger partial charge in [0.2, 0.25) is 10.0 Å². The molecule has 0 radical (unpaired) electrons. The summed E-state index contributed by atoms with van der Waals surface area (Å²) in [7, 11) is 0.801. The molecule has 0 amide bonds. The van der Waals surface area contributed by atoms with Gasteiger partial charge in [0.1, 0.15) is 0 Å². The van der Waals surface area contributed by atoms with Gasteiger partial charge >= 0.3 is 0 Å². The van der Waals surface area contributed by atoms with Crippen LogP contribution in [0.15, 0.2) is 0 Å². The van der Waals surface area contributed by atoms with Crippen molar-refractivity contribution in [3.63, 3.8) is 0 Å². The molecule has 0 unspecified atom stereocenters. The fourth-order valence-electron chi connectivity index (χ4n) is 3.62. The quantitative estimate of drug-likeness (QED) is 0.719. The van der Waals surface area contributed by atoms with Crippen LogP contribution < -0.4 is 5.32 Å². The second-order valence-electron chi connectivity index (χ2n) is 7.06. The van der Waals surface area contributed by atoms with Gasteiger partial charge < -0.3 is 10.2 Å². The van der Waals surface area contributed by atoms with E-state index in [2.05, 4.69) is 17.3 Å². The molecule has 0 aliphatic carbocycles. The van der Waals surface area contributed by atoms with Crippen molar-refractivity contribution in [1.29, 1.82) is 0 Å². The number of hydrogen-bond donors (Lipinski definition) is 1. The molecule has 0 bridgehead atoms. The summed E-state index contributed by atoms with van der Waals surface area (Å²) < 4.78 is 26.6. The molecular formula is C16H33N3O2S. The van der Waals surface area contributed by atoms with E-state index >= 15 is 0 Å². The van der Waals surface area contributed by atoms with Crippen LogP contribution in [0.1, 0.15) is 44.9 Å². The zero-order valence-electron chi connectivity index (χ0n) is 14.3. The molecule has 2 aliphatic rings. The Labute approximate surface area is 136 Å². The Bertz CT molecular complexity index is 413. The predicted molar refractivity (Wildman–Crippen MR) is 91.5 cm³/mol. The first-order chi connectivity index (χ1) is 10.5. The van der Waals surface area contributed by atoms with Crippen LogP contribution in [0.5, 0.6) is 0 Å². The van der Waals surface area contributed by atoms with Gasteiger partial charge in [-0.25, -0.2) is 12.7 Å². The first-order valence-corrected chi connectivity index (χ1v) is 10.4. The van der Waals surface area contributed by atoms with E-state index in [-0.39, 0.29) is 6.04 Å². The van der Waals surface area contributed by atoms with Crippen LogP contribution in [0.3, 0.4) is 0 Å².